The second-order valence-corrected chi connectivity index (χ2v) is 5.41. The average molecular weight is 249 g/mol. The molecule has 0 radical (unpaired) electrons. The van der Waals surface area contributed by atoms with E-state index >= 15 is 0 Å². The van der Waals surface area contributed by atoms with Crippen molar-refractivity contribution in [2.45, 2.75) is 32.8 Å². The highest BCUT2D eigenvalue weighted by Crippen LogP contribution is 2.41. The predicted octanol–water partition coefficient (Wildman–Crippen LogP) is 2.09. The van der Waals surface area contributed by atoms with Gasteiger partial charge in [0.15, 0.2) is 0 Å². The van der Waals surface area contributed by atoms with Crippen LogP contribution in [0.4, 0.5) is 0 Å². The molecule has 3 N–H and O–H groups in total. The fourth-order valence-corrected chi connectivity index (χ4v) is 2.76. The van der Waals surface area contributed by atoms with E-state index in [0.29, 0.717) is 13.2 Å². The molecule has 1 fully saturated rings. The zero-order valence-corrected chi connectivity index (χ0v) is 11.3. The minimum absolute atomic E-state index is 0.323. The number of aliphatic hydroxyl groups is 1. The summed E-state index contributed by atoms with van der Waals surface area (Å²) in [4.78, 5) is 0. The molecule has 0 saturated carbocycles. The third-order valence-electron chi connectivity index (χ3n) is 4.28. The lowest BCUT2D eigenvalue weighted by molar-refractivity contribution is -0.0784. The maximum absolute atomic E-state index is 10.7. The number of ether oxygens (including phenoxy) is 1. The fourth-order valence-electron chi connectivity index (χ4n) is 2.76. The van der Waals surface area contributed by atoms with E-state index in [1.165, 1.54) is 5.56 Å². The van der Waals surface area contributed by atoms with Crippen LogP contribution in [0.5, 0.6) is 0 Å². The molecule has 1 saturated heterocycles. The lowest BCUT2D eigenvalue weighted by Gasteiger charge is -2.40. The van der Waals surface area contributed by atoms with E-state index in [1.54, 1.807) is 0 Å². The normalized spacial score (nSPS) is 26.0. The molecule has 0 aromatic heterocycles. The molecule has 2 atom stereocenters. The Morgan fingerprint density at radius 3 is 2.83 bits per heavy atom. The third kappa shape index (κ3) is 2.30. The molecule has 3 heteroatoms. The maximum Gasteiger partial charge on any atom is 0.0883 e. The zero-order valence-electron chi connectivity index (χ0n) is 11.3. The van der Waals surface area contributed by atoms with E-state index in [1.807, 2.05) is 12.1 Å². The van der Waals surface area contributed by atoms with E-state index in [-0.39, 0.29) is 5.41 Å². The van der Waals surface area contributed by atoms with Gasteiger partial charge in [0.25, 0.3) is 0 Å². The summed E-state index contributed by atoms with van der Waals surface area (Å²) < 4.78 is 5.55. The molecular weight excluding hydrogens is 226 g/mol. The molecule has 1 heterocycles. The molecule has 0 amide bonds. The highest BCUT2D eigenvalue weighted by atomic mass is 16.5. The van der Waals surface area contributed by atoms with Crippen molar-refractivity contribution in [3.8, 4) is 0 Å². The van der Waals surface area contributed by atoms with Gasteiger partial charge in [-0.05, 0) is 43.4 Å². The van der Waals surface area contributed by atoms with Gasteiger partial charge in [-0.2, -0.15) is 0 Å². The molecule has 100 valence electrons. The van der Waals surface area contributed by atoms with E-state index < -0.39 is 6.10 Å². The Balaban J connectivity index is 2.33. The van der Waals surface area contributed by atoms with Crippen molar-refractivity contribution in [3.05, 3.63) is 34.9 Å². The first-order valence-corrected chi connectivity index (χ1v) is 6.63. The van der Waals surface area contributed by atoms with Crippen LogP contribution in [-0.2, 0) is 4.74 Å². The molecule has 1 aliphatic rings. The van der Waals surface area contributed by atoms with Crippen molar-refractivity contribution in [3.63, 3.8) is 0 Å². The molecule has 1 aromatic carbocycles. The maximum atomic E-state index is 10.7. The molecule has 2 unspecified atom stereocenters. The number of nitrogens with two attached hydrogens (primary N) is 1. The number of rotatable bonds is 3. The van der Waals surface area contributed by atoms with Gasteiger partial charge in [0.2, 0.25) is 0 Å². The second-order valence-electron chi connectivity index (χ2n) is 5.41. The van der Waals surface area contributed by atoms with Gasteiger partial charge in [0.05, 0.1) is 12.7 Å². The predicted molar refractivity (Wildman–Crippen MR) is 72.4 cm³/mol. The molecule has 1 aliphatic heterocycles. The molecule has 3 nitrogen and oxygen atoms in total. The van der Waals surface area contributed by atoms with E-state index in [9.17, 15) is 5.11 Å². The van der Waals surface area contributed by atoms with Gasteiger partial charge in [-0.3, -0.25) is 0 Å². The summed E-state index contributed by atoms with van der Waals surface area (Å²) in [6.45, 7) is 5.92. The molecule has 1 aromatic rings. The van der Waals surface area contributed by atoms with Gasteiger partial charge in [-0.1, -0.05) is 18.2 Å². The Kier molecular flexibility index (Phi) is 4.05. The number of hydrogen-bond acceptors (Lipinski definition) is 3. The van der Waals surface area contributed by atoms with Crippen LogP contribution in [-0.4, -0.2) is 24.9 Å². The Hall–Kier alpha value is -0.900. The van der Waals surface area contributed by atoms with Gasteiger partial charge >= 0.3 is 0 Å². The summed E-state index contributed by atoms with van der Waals surface area (Å²) in [6, 6.07) is 6.06. The number of hydrogen-bond donors (Lipinski definition) is 2. The molecule has 2 rings (SSSR count). The van der Waals surface area contributed by atoms with Crippen LogP contribution in [0.3, 0.4) is 0 Å². The van der Waals surface area contributed by atoms with Crippen molar-refractivity contribution in [2.75, 3.05) is 19.8 Å². The number of benzene rings is 1. The van der Waals surface area contributed by atoms with Gasteiger partial charge in [-0.25, -0.2) is 0 Å². The summed E-state index contributed by atoms with van der Waals surface area (Å²) >= 11 is 0. The summed E-state index contributed by atoms with van der Waals surface area (Å²) in [5, 5.41) is 10.7. The monoisotopic (exact) mass is 249 g/mol. The fraction of sp³-hybridized carbons (Fsp3) is 0.600. The second kappa shape index (κ2) is 5.39. The van der Waals surface area contributed by atoms with Gasteiger partial charge in [0.1, 0.15) is 0 Å². The molecule has 0 spiro atoms. The van der Waals surface area contributed by atoms with Crippen molar-refractivity contribution in [2.24, 2.45) is 11.1 Å². The van der Waals surface area contributed by atoms with Crippen molar-refractivity contribution in [1.29, 1.82) is 0 Å². The Morgan fingerprint density at radius 1 is 1.44 bits per heavy atom. The largest absolute Gasteiger partial charge is 0.388 e. The quantitative estimate of drug-likeness (QED) is 0.862. The highest BCUT2D eigenvalue weighted by Gasteiger charge is 2.40. The first-order valence-electron chi connectivity index (χ1n) is 6.63. The van der Waals surface area contributed by atoms with Crippen LogP contribution < -0.4 is 5.73 Å². The minimum Gasteiger partial charge on any atom is -0.388 e. The van der Waals surface area contributed by atoms with E-state index in [0.717, 1.165) is 30.6 Å². The van der Waals surface area contributed by atoms with Crippen LogP contribution in [0.15, 0.2) is 18.2 Å². The lowest BCUT2D eigenvalue weighted by atomic mass is 9.74. The summed E-state index contributed by atoms with van der Waals surface area (Å²) in [5.41, 5.74) is 8.95. The molecule has 0 aliphatic carbocycles. The number of aliphatic hydroxyl groups excluding tert-OH is 1. The Bertz CT molecular complexity index is 411. The van der Waals surface area contributed by atoms with Crippen LogP contribution in [0, 0.1) is 19.3 Å². The highest BCUT2D eigenvalue weighted by molar-refractivity contribution is 5.35. The standard InChI is InChI=1S/C15H23NO2/c1-11-5-3-6-13(12(11)2)14(17)15(9-16)7-4-8-18-10-15/h3,5-6,14,17H,4,7-10,16H2,1-2H3. The zero-order chi connectivity index (χ0) is 13.2. The van der Waals surface area contributed by atoms with Crippen molar-refractivity contribution >= 4 is 0 Å². The minimum atomic E-state index is -0.539. The molecule has 0 bridgehead atoms. The molecule has 18 heavy (non-hydrogen) atoms. The van der Waals surface area contributed by atoms with Crippen LogP contribution >= 0.6 is 0 Å². The summed E-state index contributed by atoms with van der Waals surface area (Å²) in [5.74, 6) is 0. The first kappa shape index (κ1) is 13.5. The van der Waals surface area contributed by atoms with Crippen molar-refractivity contribution in [1.82, 2.24) is 0 Å². The van der Waals surface area contributed by atoms with Gasteiger partial charge < -0.3 is 15.6 Å². The van der Waals surface area contributed by atoms with Crippen molar-refractivity contribution < 1.29 is 9.84 Å². The van der Waals surface area contributed by atoms with Gasteiger partial charge in [0, 0.05) is 18.6 Å². The average Bonchev–Trinajstić information content (AvgIpc) is 2.42. The lowest BCUT2D eigenvalue weighted by Crippen LogP contribution is -2.43. The Labute approximate surface area is 109 Å². The van der Waals surface area contributed by atoms with E-state index in [4.69, 9.17) is 10.5 Å². The van der Waals surface area contributed by atoms with Gasteiger partial charge in [-0.15, -0.1) is 0 Å². The smallest absolute Gasteiger partial charge is 0.0883 e. The topological polar surface area (TPSA) is 55.5 Å². The van der Waals surface area contributed by atoms with Crippen LogP contribution in [0.25, 0.3) is 0 Å². The SMILES string of the molecule is Cc1cccc(C(O)C2(CN)CCCOC2)c1C. The van der Waals surface area contributed by atoms with Crippen LogP contribution in [0.1, 0.15) is 35.6 Å². The first-order chi connectivity index (χ1) is 8.60. The summed E-state index contributed by atoms with van der Waals surface area (Å²) in [6.07, 6.45) is 1.36. The number of aryl methyl sites for hydroxylation is 1. The molecular formula is C15H23NO2. The third-order valence-corrected chi connectivity index (χ3v) is 4.28. The summed E-state index contributed by atoms with van der Waals surface area (Å²) in [7, 11) is 0. The Morgan fingerprint density at radius 2 is 2.22 bits per heavy atom. The van der Waals surface area contributed by atoms with E-state index in [2.05, 4.69) is 19.9 Å². The van der Waals surface area contributed by atoms with Crippen LogP contribution in [0.2, 0.25) is 0 Å².